The Labute approximate surface area is 216 Å². The maximum absolute atomic E-state index is 13.2. The maximum atomic E-state index is 13.2. The molecule has 2 aromatic carbocycles. The van der Waals surface area contributed by atoms with Gasteiger partial charge in [0.2, 0.25) is 0 Å². The van der Waals surface area contributed by atoms with Gasteiger partial charge in [0.25, 0.3) is 0 Å². The quantitative estimate of drug-likeness (QED) is 0.359. The number of nitrogens with one attached hydrogen (secondary N) is 1. The van der Waals surface area contributed by atoms with Gasteiger partial charge in [0.05, 0.1) is 11.1 Å². The van der Waals surface area contributed by atoms with E-state index in [2.05, 4.69) is 42.3 Å². The summed E-state index contributed by atoms with van der Waals surface area (Å²) >= 11 is 1.88. The number of aromatic nitrogens is 2. The van der Waals surface area contributed by atoms with Crippen LogP contribution in [0.25, 0.3) is 21.0 Å². The number of thiophene rings is 1. The molecule has 1 N–H and O–H groups in total. The van der Waals surface area contributed by atoms with Gasteiger partial charge in [0.1, 0.15) is 16.5 Å². The Morgan fingerprint density at radius 3 is 2.72 bits per heavy atom. The normalized spacial score (nSPS) is 18.0. The summed E-state index contributed by atoms with van der Waals surface area (Å²) in [4.78, 5) is 30.2. The van der Waals surface area contributed by atoms with Crippen molar-refractivity contribution in [1.82, 2.24) is 14.9 Å². The van der Waals surface area contributed by atoms with Gasteiger partial charge in [0, 0.05) is 42.9 Å². The van der Waals surface area contributed by atoms with Crippen LogP contribution in [0.2, 0.25) is 0 Å². The number of rotatable bonds is 4. The molecule has 0 bridgehead atoms. The molecule has 1 saturated heterocycles. The second-order valence-corrected chi connectivity index (χ2v) is 11.3. The third kappa shape index (κ3) is 4.30. The van der Waals surface area contributed by atoms with E-state index in [1.807, 2.05) is 40.5 Å². The first-order valence-corrected chi connectivity index (χ1v) is 14.0. The zero-order valence-corrected chi connectivity index (χ0v) is 21.9. The van der Waals surface area contributed by atoms with Crippen LogP contribution >= 0.6 is 11.3 Å². The Morgan fingerprint density at radius 1 is 1.08 bits per heavy atom. The molecule has 6 nitrogen and oxygen atoms in total. The Balaban J connectivity index is 1.23. The van der Waals surface area contributed by atoms with Crippen molar-refractivity contribution in [3.63, 3.8) is 0 Å². The van der Waals surface area contributed by atoms with E-state index in [-0.39, 0.29) is 6.03 Å². The molecule has 0 spiro atoms. The summed E-state index contributed by atoms with van der Waals surface area (Å²) in [5, 5.41) is 6.62. The number of hydrogen-bond donors (Lipinski definition) is 1. The summed E-state index contributed by atoms with van der Waals surface area (Å²) in [5.41, 5.74) is 2.34. The van der Waals surface area contributed by atoms with E-state index in [4.69, 9.17) is 9.97 Å². The molecule has 0 saturated carbocycles. The van der Waals surface area contributed by atoms with Crippen molar-refractivity contribution in [2.75, 3.05) is 36.4 Å². The van der Waals surface area contributed by atoms with E-state index in [0.717, 1.165) is 77.6 Å². The molecule has 1 unspecified atom stereocenters. The molecule has 6 rings (SSSR count). The fourth-order valence-electron chi connectivity index (χ4n) is 5.58. The van der Waals surface area contributed by atoms with Crippen LogP contribution in [0.15, 0.2) is 42.5 Å². The van der Waals surface area contributed by atoms with Crippen molar-refractivity contribution in [2.45, 2.75) is 46.0 Å². The molecule has 0 radical (unpaired) electrons. The van der Waals surface area contributed by atoms with Crippen LogP contribution < -0.4 is 10.2 Å². The Bertz CT molecular complexity index is 1420. The molecule has 36 heavy (non-hydrogen) atoms. The summed E-state index contributed by atoms with van der Waals surface area (Å²) in [6.07, 6.45) is 5.44. The standard InChI is InChI=1S/C29H33N5OS/c1-3-7-25-31-27(26-22-13-12-19(2)18-24(22)36-28(26)32-25)33-14-16-34(17-15-33)29(35)30-23-11-6-9-20-8-4-5-10-21(20)23/h4-6,8-11,19H,3,7,12-18H2,1-2H3,(H,30,35). The molecule has 1 aliphatic heterocycles. The van der Waals surface area contributed by atoms with Crippen molar-refractivity contribution in [1.29, 1.82) is 0 Å². The van der Waals surface area contributed by atoms with Gasteiger partial charge < -0.3 is 15.1 Å². The lowest BCUT2D eigenvalue weighted by Crippen LogP contribution is -2.50. The molecule has 2 aromatic heterocycles. The summed E-state index contributed by atoms with van der Waals surface area (Å²) in [6, 6.07) is 14.2. The minimum Gasteiger partial charge on any atom is -0.352 e. The summed E-state index contributed by atoms with van der Waals surface area (Å²) < 4.78 is 0. The number of carbonyl (C=O) groups excluding carboxylic acids is 1. The van der Waals surface area contributed by atoms with E-state index >= 15 is 0 Å². The highest BCUT2D eigenvalue weighted by molar-refractivity contribution is 7.19. The van der Waals surface area contributed by atoms with Crippen LogP contribution in [-0.4, -0.2) is 47.1 Å². The van der Waals surface area contributed by atoms with E-state index in [0.29, 0.717) is 13.1 Å². The topological polar surface area (TPSA) is 61.4 Å². The highest BCUT2D eigenvalue weighted by Gasteiger charge is 2.28. The lowest BCUT2D eigenvalue weighted by molar-refractivity contribution is 0.208. The predicted molar refractivity (Wildman–Crippen MR) is 149 cm³/mol. The second kappa shape index (κ2) is 9.69. The molecular formula is C29H33N5OS. The smallest absolute Gasteiger partial charge is 0.321 e. The molecule has 4 aromatic rings. The van der Waals surface area contributed by atoms with Crippen LogP contribution in [-0.2, 0) is 19.3 Å². The Kier molecular flexibility index (Phi) is 6.25. The monoisotopic (exact) mass is 499 g/mol. The van der Waals surface area contributed by atoms with Crippen LogP contribution in [0.5, 0.6) is 0 Å². The summed E-state index contributed by atoms with van der Waals surface area (Å²) in [7, 11) is 0. The lowest BCUT2D eigenvalue weighted by Gasteiger charge is -2.36. The van der Waals surface area contributed by atoms with Gasteiger partial charge in [-0.15, -0.1) is 11.3 Å². The fraction of sp³-hybridized carbons (Fsp3) is 0.414. The van der Waals surface area contributed by atoms with E-state index in [1.165, 1.54) is 22.2 Å². The number of carbonyl (C=O) groups is 1. The number of fused-ring (bicyclic) bond motifs is 4. The van der Waals surface area contributed by atoms with Gasteiger partial charge in [-0.1, -0.05) is 50.2 Å². The van der Waals surface area contributed by atoms with Gasteiger partial charge in [0.15, 0.2) is 0 Å². The first-order valence-electron chi connectivity index (χ1n) is 13.2. The van der Waals surface area contributed by atoms with E-state index < -0.39 is 0 Å². The molecule has 1 atom stereocenters. The fourth-order valence-corrected chi connectivity index (χ4v) is 6.98. The zero-order chi connectivity index (χ0) is 24.6. The average Bonchev–Trinajstić information content (AvgIpc) is 3.26. The van der Waals surface area contributed by atoms with Crippen molar-refractivity contribution in [2.24, 2.45) is 5.92 Å². The number of hydrogen-bond acceptors (Lipinski definition) is 5. The Hall–Kier alpha value is -3.19. The van der Waals surface area contributed by atoms with Crippen molar-refractivity contribution >= 4 is 49.9 Å². The molecule has 1 aliphatic carbocycles. The SMILES string of the molecule is CCCc1nc(N2CCN(C(=O)Nc3cccc4ccccc34)CC2)c2c3c(sc2n1)CC(C)CC3. The number of amides is 2. The lowest BCUT2D eigenvalue weighted by atomic mass is 9.89. The Morgan fingerprint density at radius 2 is 1.89 bits per heavy atom. The van der Waals surface area contributed by atoms with Crippen LogP contribution in [0, 0.1) is 5.92 Å². The third-order valence-electron chi connectivity index (χ3n) is 7.55. The van der Waals surface area contributed by atoms with Gasteiger partial charge >= 0.3 is 6.03 Å². The van der Waals surface area contributed by atoms with Gasteiger partial charge in [-0.3, -0.25) is 0 Å². The summed E-state index contributed by atoms with van der Waals surface area (Å²) in [6.45, 7) is 7.44. The van der Waals surface area contributed by atoms with Crippen molar-refractivity contribution in [3.05, 3.63) is 58.7 Å². The first-order chi connectivity index (χ1) is 17.6. The maximum Gasteiger partial charge on any atom is 0.321 e. The first kappa shape index (κ1) is 23.2. The predicted octanol–water partition coefficient (Wildman–Crippen LogP) is 6.28. The van der Waals surface area contributed by atoms with Crippen molar-refractivity contribution in [3.8, 4) is 0 Å². The summed E-state index contributed by atoms with van der Waals surface area (Å²) in [5.74, 6) is 2.77. The number of benzene rings is 2. The molecule has 2 aliphatic rings. The second-order valence-electron chi connectivity index (χ2n) is 10.2. The van der Waals surface area contributed by atoms with Gasteiger partial charge in [-0.2, -0.15) is 0 Å². The number of nitrogens with zero attached hydrogens (tertiary/aromatic N) is 4. The van der Waals surface area contributed by atoms with Crippen LogP contribution in [0.4, 0.5) is 16.3 Å². The molecule has 2 amide bonds. The van der Waals surface area contributed by atoms with Gasteiger partial charge in [-0.25, -0.2) is 14.8 Å². The molecular weight excluding hydrogens is 466 g/mol. The van der Waals surface area contributed by atoms with E-state index in [1.54, 1.807) is 0 Å². The van der Waals surface area contributed by atoms with Crippen molar-refractivity contribution < 1.29 is 4.79 Å². The van der Waals surface area contributed by atoms with E-state index in [9.17, 15) is 4.79 Å². The molecule has 7 heteroatoms. The number of piperazine rings is 1. The number of urea groups is 1. The van der Waals surface area contributed by atoms with Gasteiger partial charge in [-0.05, 0) is 48.6 Å². The number of aryl methyl sites for hydroxylation is 2. The highest BCUT2D eigenvalue weighted by atomic mass is 32.1. The molecule has 3 heterocycles. The number of anilines is 2. The molecule has 1 fully saturated rings. The zero-order valence-electron chi connectivity index (χ0n) is 21.1. The van der Waals surface area contributed by atoms with Crippen LogP contribution in [0.1, 0.15) is 43.0 Å². The molecule has 186 valence electrons. The minimum atomic E-state index is -0.0348. The average molecular weight is 500 g/mol. The minimum absolute atomic E-state index is 0.0348. The van der Waals surface area contributed by atoms with Crippen LogP contribution in [0.3, 0.4) is 0 Å². The highest BCUT2D eigenvalue weighted by Crippen LogP contribution is 2.41. The largest absolute Gasteiger partial charge is 0.352 e. The third-order valence-corrected chi connectivity index (χ3v) is 8.70.